The molecule has 1 N–H and O–H groups in total. The van der Waals surface area contributed by atoms with Gasteiger partial charge in [-0.1, -0.05) is 24.6 Å². The number of nitrogens with zero attached hydrogens (tertiary/aromatic N) is 1. The summed E-state index contributed by atoms with van der Waals surface area (Å²) in [5.41, 5.74) is 1.37. The lowest BCUT2D eigenvalue weighted by molar-refractivity contribution is 0.0979. The van der Waals surface area contributed by atoms with Crippen LogP contribution in [0, 0.1) is 6.92 Å². The average Bonchev–Trinajstić information content (AvgIpc) is 2.84. The molecule has 0 unspecified atom stereocenters. The number of aryl methyl sites for hydroxylation is 1. The lowest BCUT2D eigenvalue weighted by Gasteiger charge is -2.27. The number of hydrogen-bond acceptors (Lipinski definition) is 5. The van der Waals surface area contributed by atoms with Crippen LogP contribution in [-0.4, -0.2) is 19.3 Å². The van der Waals surface area contributed by atoms with Gasteiger partial charge >= 0.3 is 0 Å². The molecule has 116 valence electrons. The zero-order valence-corrected chi connectivity index (χ0v) is 13.7. The van der Waals surface area contributed by atoms with Crippen molar-refractivity contribution in [2.45, 2.75) is 36.3 Å². The number of nitrogens with one attached hydrogen (secondary N) is 1. The Morgan fingerprint density at radius 2 is 2.05 bits per heavy atom. The van der Waals surface area contributed by atoms with Crippen LogP contribution in [0.2, 0.25) is 0 Å². The molecule has 1 aliphatic rings. The van der Waals surface area contributed by atoms with Gasteiger partial charge < -0.3 is 0 Å². The predicted octanol–water partition coefficient (Wildman–Crippen LogP) is 2.84. The van der Waals surface area contributed by atoms with Gasteiger partial charge in [0, 0.05) is 5.56 Å². The summed E-state index contributed by atoms with van der Waals surface area (Å²) < 4.78 is 26.7. The van der Waals surface area contributed by atoms with Gasteiger partial charge in [-0.05, 0) is 37.3 Å². The largest absolute Gasteiger partial charge is 0.275 e. The van der Waals surface area contributed by atoms with Crippen LogP contribution < -0.4 is 4.72 Å². The van der Waals surface area contributed by atoms with Gasteiger partial charge in [0.25, 0.3) is 15.9 Å². The van der Waals surface area contributed by atoms with E-state index in [0.717, 1.165) is 36.2 Å². The normalized spacial score (nSPS) is 15.3. The first-order chi connectivity index (χ1) is 10.5. The first kappa shape index (κ1) is 15.2. The molecule has 1 amide bonds. The molecule has 7 heteroatoms. The minimum absolute atomic E-state index is 0.0551. The molecule has 1 saturated carbocycles. The second-order valence-electron chi connectivity index (χ2n) is 5.35. The summed E-state index contributed by atoms with van der Waals surface area (Å²) in [4.78, 5) is 16.3. The fourth-order valence-corrected chi connectivity index (χ4v) is 4.55. The van der Waals surface area contributed by atoms with Crippen molar-refractivity contribution in [3.8, 4) is 0 Å². The van der Waals surface area contributed by atoms with E-state index in [-0.39, 0.29) is 4.21 Å². The first-order valence-electron chi connectivity index (χ1n) is 7.06. The minimum Gasteiger partial charge on any atom is -0.268 e. The Balaban J connectivity index is 1.86. The van der Waals surface area contributed by atoms with Crippen molar-refractivity contribution >= 4 is 27.3 Å². The van der Waals surface area contributed by atoms with Gasteiger partial charge in [-0.2, -0.15) is 0 Å². The van der Waals surface area contributed by atoms with E-state index in [1.165, 1.54) is 6.20 Å². The number of amides is 1. The minimum atomic E-state index is -3.86. The van der Waals surface area contributed by atoms with E-state index in [1.807, 2.05) is 12.1 Å². The summed E-state index contributed by atoms with van der Waals surface area (Å²) >= 11 is 1.04. The Morgan fingerprint density at radius 3 is 2.64 bits per heavy atom. The van der Waals surface area contributed by atoms with Crippen LogP contribution in [0.4, 0.5) is 0 Å². The summed E-state index contributed by atoms with van der Waals surface area (Å²) in [6, 6.07) is 7.21. The molecule has 1 heterocycles. The van der Waals surface area contributed by atoms with Gasteiger partial charge in [0.05, 0.1) is 11.2 Å². The molecule has 5 nitrogen and oxygen atoms in total. The van der Waals surface area contributed by atoms with Crippen molar-refractivity contribution in [3.05, 3.63) is 46.6 Å². The maximum atomic E-state index is 12.4. The molecule has 0 spiro atoms. The summed E-state index contributed by atoms with van der Waals surface area (Å²) in [5, 5.41) is 0.641. The quantitative estimate of drug-likeness (QED) is 0.931. The number of carbonyl (C=O) groups excluding carboxylic acids is 1. The molecule has 22 heavy (non-hydrogen) atoms. The highest BCUT2D eigenvalue weighted by Gasteiger charge is 2.27. The van der Waals surface area contributed by atoms with Gasteiger partial charge in [0.15, 0.2) is 4.21 Å². The molecular formula is C15H16N2O3S2. The highest BCUT2D eigenvalue weighted by Crippen LogP contribution is 2.37. The molecule has 0 atom stereocenters. The second-order valence-corrected chi connectivity index (χ2v) is 8.49. The lowest BCUT2D eigenvalue weighted by atomic mass is 9.78. The third kappa shape index (κ3) is 2.91. The SMILES string of the molecule is Cc1ncc(S(=O)(=O)NC(=O)c2ccccc2C2CCC2)s1. The van der Waals surface area contributed by atoms with Gasteiger partial charge in [0.2, 0.25) is 0 Å². The number of thiazole rings is 1. The summed E-state index contributed by atoms with van der Waals surface area (Å²) in [7, 11) is -3.86. The third-order valence-corrected chi connectivity index (χ3v) is 6.55. The van der Waals surface area contributed by atoms with Crippen LogP contribution in [0.15, 0.2) is 34.7 Å². The zero-order valence-electron chi connectivity index (χ0n) is 12.1. The van der Waals surface area contributed by atoms with E-state index in [1.54, 1.807) is 19.1 Å². The maximum absolute atomic E-state index is 12.4. The van der Waals surface area contributed by atoms with E-state index in [9.17, 15) is 13.2 Å². The highest BCUT2D eigenvalue weighted by atomic mass is 32.2. The molecule has 0 saturated heterocycles. The van der Waals surface area contributed by atoms with Crippen molar-refractivity contribution in [1.29, 1.82) is 0 Å². The van der Waals surface area contributed by atoms with Gasteiger partial charge in [-0.15, -0.1) is 11.3 Å². The van der Waals surface area contributed by atoms with Crippen molar-refractivity contribution in [1.82, 2.24) is 9.71 Å². The van der Waals surface area contributed by atoms with E-state index in [2.05, 4.69) is 9.71 Å². The van der Waals surface area contributed by atoms with Crippen molar-refractivity contribution in [2.75, 3.05) is 0 Å². The Morgan fingerprint density at radius 1 is 1.32 bits per heavy atom. The van der Waals surface area contributed by atoms with E-state index in [0.29, 0.717) is 16.5 Å². The molecular weight excluding hydrogens is 320 g/mol. The number of aromatic nitrogens is 1. The zero-order chi connectivity index (χ0) is 15.7. The third-order valence-electron chi connectivity index (χ3n) is 3.84. The molecule has 0 aliphatic heterocycles. The van der Waals surface area contributed by atoms with E-state index >= 15 is 0 Å². The molecule has 1 aliphatic carbocycles. The summed E-state index contributed by atoms with van der Waals surface area (Å²) in [6.45, 7) is 1.72. The molecule has 3 rings (SSSR count). The maximum Gasteiger partial charge on any atom is 0.275 e. The molecule has 1 fully saturated rings. The van der Waals surface area contributed by atoms with Crippen molar-refractivity contribution < 1.29 is 13.2 Å². The summed E-state index contributed by atoms with van der Waals surface area (Å²) in [5.74, 6) is -0.219. The predicted molar refractivity (Wildman–Crippen MR) is 84.5 cm³/mol. The number of carbonyl (C=O) groups is 1. The Labute approximate surface area is 133 Å². The Bertz CT molecular complexity index is 808. The van der Waals surface area contributed by atoms with Crippen LogP contribution in [0.25, 0.3) is 0 Å². The number of benzene rings is 1. The topological polar surface area (TPSA) is 76.1 Å². The van der Waals surface area contributed by atoms with Crippen molar-refractivity contribution in [2.24, 2.45) is 0 Å². The molecule has 1 aromatic heterocycles. The highest BCUT2D eigenvalue weighted by molar-refractivity contribution is 7.92. The van der Waals surface area contributed by atoms with Crippen LogP contribution in [0.3, 0.4) is 0 Å². The van der Waals surface area contributed by atoms with Crippen molar-refractivity contribution in [3.63, 3.8) is 0 Å². The number of hydrogen-bond donors (Lipinski definition) is 1. The number of rotatable bonds is 4. The first-order valence-corrected chi connectivity index (χ1v) is 9.36. The second kappa shape index (κ2) is 5.81. The standard InChI is InChI=1S/C15H16N2O3S2/c1-10-16-9-14(21-10)22(19,20)17-15(18)13-8-3-2-7-12(13)11-5-4-6-11/h2-3,7-9,11H,4-6H2,1H3,(H,17,18). The van der Waals surface area contributed by atoms with Gasteiger partial charge in [-0.25, -0.2) is 18.1 Å². The van der Waals surface area contributed by atoms with E-state index < -0.39 is 15.9 Å². The Kier molecular flexibility index (Phi) is 4.01. The lowest BCUT2D eigenvalue weighted by Crippen LogP contribution is -2.31. The van der Waals surface area contributed by atoms with E-state index in [4.69, 9.17) is 0 Å². The summed E-state index contributed by atoms with van der Waals surface area (Å²) in [6.07, 6.45) is 4.52. The monoisotopic (exact) mass is 336 g/mol. The number of sulfonamides is 1. The fraction of sp³-hybridized carbons (Fsp3) is 0.333. The molecule has 1 aromatic carbocycles. The smallest absolute Gasteiger partial charge is 0.268 e. The molecule has 0 bridgehead atoms. The molecule has 0 radical (unpaired) electrons. The van der Waals surface area contributed by atoms with Crippen LogP contribution >= 0.6 is 11.3 Å². The van der Waals surface area contributed by atoms with Crippen LogP contribution in [0.1, 0.15) is 46.1 Å². The van der Waals surface area contributed by atoms with Gasteiger partial charge in [-0.3, -0.25) is 4.79 Å². The fourth-order valence-electron chi connectivity index (χ4n) is 2.47. The Hall–Kier alpha value is -1.73. The van der Waals surface area contributed by atoms with Gasteiger partial charge in [0.1, 0.15) is 0 Å². The van der Waals surface area contributed by atoms with Crippen LogP contribution in [-0.2, 0) is 10.0 Å². The van der Waals surface area contributed by atoms with Crippen LogP contribution in [0.5, 0.6) is 0 Å². The average molecular weight is 336 g/mol. The molecule has 2 aromatic rings.